The molecule has 1 heteroatoms. The highest BCUT2D eigenvalue weighted by Gasteiger charge is 2.61. The van der Waals surface area contributed by atoms with Crippen LogP contribution in [-0.2, 0) is 4.74 Å². The first-order chi connectivity index (χ1) is 4.36. The highest BCUT2D eigenvalue weighted by molar-refractivity contribution is 5.08. The number of rotatable bonds is 0. The fraction of sp³-hybridized carbons (Fsp3) is 1.00. The van der Waals surface area contributed by atoms with Crippen LogP contribution in [0.1, 0.15) is 19.8 Å². The molecule has 1 heterocycles. The average Bonchev–Trinajstić information content (AvgIpc) is 2.52. The zero-order chi connectivity index (χ0) is 6.01. The summed E-state index contributed by atoms with van der Waals surface area (Å²) in [7, 11) is 0. The largest absolute Gasteiger partial charge is 0.369 e. The van der Waals surface area contributed by atoms with Crippen molar-refractivity contribution in [3.63, 3.8) is 0 Å². The standard InChI is InChI=1S/C8H12O/c1-4-2-6-5(4)3-7-8(6)9-7/h4-8H,2-3H2,1H3/t4?,5-,6+,7+,8-/m0/s1. The molecule has 2 saturated carbocycles. The minimum absolute atomic E-state index is 0.713. The van der Waals surface area contributed by atoms with Gasteiger partial charge in [-0.1, -0.05) is 6.92 Å². The van der Waals surface area contributed by atoms with E-state index in [0.717, 1.165) is 23.9 Å². The van der Waals surface area contributed by atoms with Crippen LogP contribution in [0, 0.1) is 17.8 Å². The second-order valence-corrected chi connectivity index (χ2v) is 3.92. The Balaban J connectivity index is 1.85. The van der Waals surface area contributed by atoms with Crippen molar-refractivity contribution in [3.8, 4) is 0 Å². The molecule has 0 aromatic rings. The monoisotopic (exact) mass is 124 g/mol. The number of epoxide rings is 1. The van der Waals surface area contributed by atoms with Crippen LogP contribution in [0.4, 0.5) is 0 Å². The lowest BCUT2D eigenvalue weighted by atomic mass is 9.67. The van der Waals surface area contributed by atoms with E-state index in [4.69, 9.17) is 4.74 Å². The van der Waals surface area contributed by atoms with E-state index in [-0.39, 0.29) is 0 Å². The molecule has 1 unspecified atom stereocenters. The van der Waals surface area contributed by atoms with Crippen LogP contribution in [0.5, 0.6) is 0 Å². The quantitative estimate of drug-likeness (QED) is 0.445. The Labute approximate surface area is 55.4 Å². The molecule has 0 N–H and O–H groups in total. The minimum atomic E-state index is 0.713. The van der Waals surface area contributed by atoms with Gasteiger partial charge in [-0.05, 0) is 30.6 Å². The maximum Gasteiger partial charge on any atom is 0.0872 e. The average molecular weight is 124 g/mol. The second kappa shape index (κ2) is 1.20. The lowest BCUT2D eigenvalue weighted by Gasteiger charge is -2.39. The van der Waals surface area contributed by atoms with E-state index in [0.29, 0.717) is 6.10 Å². The Hall–Kier alpha value is -0.0400. The van der Waals surface area contributed by atoms with Crippen molar-refractivity contribution < 1.29 is 4.74 Å². The van der Waals surface area contributed by atoms with E-state index in [1.165, 1.54) is 12.8 Å². The van der Waals surface area contributed by atoms with Gasteiger partial charge >= 0.3 is 0 Å². The van der Waals surface area contributed by atoms with Gasteiger partial charge in [0.25, 0.3) is 0 Å². The van der Waals surface area contributed by atoms with Gasteiger partial charge in [0.2, 0.25) is 0 Å². The molecule has 3 aliphatic rings. The SMILES string of the molecule is CC1C[C@H]2[C@@H]3O[C@@H]3C[C@@H]12. The zero-order valence-corrected chi connectivity index (χ0v) is 5.71. The summed E-state index contributed by atoms with van der Waals surface area (Å²) in [5.41, 5.74) is 0. The maximum absolute atomic E-state index is 5.44. The molecule has 0 spiro atoms. The van der Waals surface area contributed by atoms with Gasteiger partial charge in [0.1, 0.15) is 0 Å². The van der Waals surface area contributed by atoms with Crippen molar-refractivity contribution in [3.05, 3.63) is 0 Å². The van der Waals surface area contributed by atoms with Gasteiger partial charge in [0.05, 0.1) is 12.2 Å². The summed E-state index contributed by atoms with van der Waals surface area (Å²) in [6, 6.07) is 0. The molecule has 9 heavy (non-hydrogen) atoms. The van der Waals surface area contributed by atoms with Crippen molar-refractivity contribution >= 4 is 0 Å². The fourth-order valence-electron chi connectivity index (χ4n) is 2.78. The number of ether oxygens (including phenoxy) is 1. The molecule has 1 aliphatic heterocycles. The van der Waals surface area contributed by atoms with Crippen LogP contribution in [-0.4, -0.2) is 12.2 Å². The first kappa shape index (κ1) is 4.73. The molecule has 5 atom stereocenters. The Bertz CT molecular complexity index is 155. The third-order valence-electron chi connectivity index (χ3n) is 3.47. The summed E-state index contributed by atoms with van der Waals surface area (Å²) in [5.74, 6) is 3.07. The van der Waals surface area contributed by atoms with E-state index in [1.807, 2.05) is 0 Å². The van der Waals surface area contributed by atoms with Gasteiger partial charge in [0.15, 0.2) is 0 Å². The molecule has 0 bridgehead atoms. The van der Waals surface area contributed by atoms with Crippen LogP contribution in [0.15, 0.2) is 0 Å². The van der Waals surface area contributed by atoms with E-state index in [9.17, 15) is 0 Å². The lowest BCUT2D eigenvalue weighted by molar-refractivity contribution is 0.0487. The predicted molar refractivity (Wildman–Crippen MR) is 34.0 cm³/mol. The zero-order valence-electron chi connectivity index (χ0n) is 5.71. The highest BCUT2D eigenvalue weighted by Crippen LogP contribution is 2.59. The molecule has 0 amide bonds. The van der Waals surface area contributed by atoms with E-state index < -0.39 is 0 Å². The Morgan fingerprint density at radius 3 is 2.67 bits per heavy atom. The van der Waals surface area contributed by atoms with E-state index in [1.54, 1.807) is 0 Å². The van der Waals surface area contributed by atoms with Crippen LogP contribution in [0.25, 0.3) is 0 Å². The van der Waals surface area contributed by atoms with Crippen LogP contribution in [0.2, 0.25) is 0 Å². The van der Waals surface area contributed by atoms with Gasteiger partial charge in [-0.25, -0.2) is 0 Å². The topological polar surface area (TPSA) is 12.5 Å². The summed E-state index contributed by atoms with van der Waals surface area (Å²) in [4.78, 5) is 0. The predicted octanol–water partition coefficient (Wildman–Crippen LogP) is 1.43. The first-order valence-corrected chi connectivity index (χ1v) is 4.02. The van der Waals surface area contributed by atoms with E-state index >= 15 is 0 Å². The fourth-order valence-corrected chi connectivity index (χ4v) is 2.78. The summed E-state index contributed by atoms with van der Waals surface area (Å²) < 4.78 is 5.44. The van der Waals surface area contributed by atoms with Crippen molar-refractivity contribution in [2.24, 2.45) is 17.8 Å². The van der Waals surface area contributed by atoms with Crippen molar-refractivity contribution in [2.45, 2.75) is 32.0 Å². The van der Waals surface area contributed by atoms with Crippen molar-refractivity contribution in [2.75, 3.05) is 0 Å². The van der Waals surface area contributed by atoms with Crippen molar-refractivity contribution in [1.82, 2.24) is 0 Å². The molecule has 0 aromatic carbocycles. The summed E-state index contributed by atoms with van der Waals surface area (Å²) in [6.45, 7) is 2.38. The van der Waals surface area contributed by atoms with E-state index in [2.05, 4.69) is 6.92 Å². The molecule has 0 radical (unpaired) electrons. The molecular formula is C8H12O. The normalized spacial score (nSPS) is 68.3. The molecule has 1 nitrogen and oxygen atoms in total. The molecule has 0 aromatic heterocycles. The number of fused-ring (bicyclic) bond motifs is 3. The third-order valence-corrected chi connectivity index (χ3v) is 3.47. The van der Waals surface area contributed by atoms with Gasteiger partial charge in [0, 0.05) is 0 Å². The minimum Gasteiger partial charge on any atom is -0.369 e. The highest BCUT2D eigenvalue weighted by atomic mass is 16.6. The van der Waals surface area contributed by atoms with Crippen molar-refractivity contribution in [1.29, 1.82) is 0 Å². The number of hydrogen-bond acceptors (Lipinski definition) is 1. The Morgan fingerprint density at radius 1 is 1.22 bits per heavy atom. The molecule has 3 rings (SSSR count). The van der Waals surface area contributed by atoms with Gasteiger partial charge in [-0.3, -0.25) is 0 Å². The molecule has 50 valence electrons. The van der Waals surface area contributed by atoms with Crippen LogP contribution in [0.3, 0.4) is 0 Å². The summed E-state index contributed by atoms with van der Waals surface area (Å²) >= 11 is 0. The third kappa shape index (κ3) is 0.420. The van der Waals surface area contributed by atoms with Gasteiger partial charge in [-0.15, -0.1) is 0 Å². The maximum atomic E-state index is 5.44. The number of hydrogen-bond donors (Lipinski definition) is 0. The van der Waals surface area contributed by atoms with Gasteiger partial charge < -0.3 is 4.74 Å². The Kier molecular flexibility index (Phi) is 0.628. The first-order valence-electron chi connectivity index (χ1n) is 4.02. The molecule has 3 fully saturated rings. The Morgan fingerprint density at radius 2 is 2.11 bits per heavy atom. The molecule has 2 aliphatic carbocycles. The summed E-state index contributed by atoms with van der Waals surface area (Å²) in [6.07, 6.45) is 4.28. The van der Waals surface area contributed by atoms with Gasteiger partial charge in [-0.2, -0.15) is 0 Å². The molecular weight excluding hydrogens is 112 g/mol. The summed E-state index contributed by atoms with van der Waals surface area (Å²) in [5, 5.41) is 0. The second-order valence-electron chi connectivity index (χ2n) is 3.92. The van der Waals surface area contributed by atoms with Crippen LogP contribution < -0.4 is 0 Å². The molecule has 1 saturated heterocycles. The smallest absolute Gasteiger partial charge is 0.0872 e. The lowest BCUT2D eigenvalue weighted by Crippen LogP contribution is -2.34. The van der Waals surface area contributed by atoms with Crippen LogP contribution >= 0.6 is 0 Å².